The van der Waals surface area contributed by atoms with Crippen molar-refractivity contribution < 1.29 is 14.6 Å². The van der Waals surface area contributed by atoms with Crippen molar-refractivity contribution in [2.45, 2.75) is 19.0 Å². The standard InChI is InChI=1S/C17H19NO3/c1-12(13-8-10-15(21-2)11-9-13)18-16(17(19)20)14-6-4-3-5-7-14/h3-12,16,18H,1-2H3,(H,19,20)/t12-,16?/m0/s1. The molecule has 4 heteroatoms. The van der Waals surface area contributed by atoms with Gasteiger partial charge in [-0.05, 0) is 30.2 Å². The van der Waals surface area contributed by atoms with Gasteiger partial charge in [0, 0.05) is 6.04 Å². The number of benzene rings is 2. The van der Waals surface area contributed by atoms with Crippen LogP contribution in [0.3, 0.4) is 0 Å². The van der Waals surface area contributed by atoms with Crippen molar-refractivity contribution in [3.8, 4) is 5.75 Å². The van der Waals surface area contributed by atoms with E-state index < -0.39 is 12.0 Å². The summed E-state index contributed by atoms with van der Waals surface area (Å²) in [4.78, 5) is 11.5. The summed E-state index contributed by atoms with van der Waals surface area (Å²) in [5.74, 6) is -0.106. The number of ether oxygens (including phenoxy) is 1. The Morgan fingerprint density at radius 1 is 1.05 bits per heavy atom. The number of hydrogen-bond donors (Lipinski definition) is 2. The lowest BCUT2D eigenvalue weighted by molar-refractivity contribution is -0.139. The van der Waals surface area contributed by atoms with Crippen molar-refractivity contribution >= 4 is 5.97 Å². The van der Waals surface area contributed by atoms with E-state index in [0.717, 1.165) is 16.9 Å². The highest BCUT2D eigenvalue weighted by atomic mass is 16.5. The molecular formula is C17H19NO3. The monoisotopic (exact) mass is 285 g/mol. The molecule has 0 spiro atoms. The first-order chi connectivity index (χ1) is 10.1. The van der Waals surface area contributed by atoms with Gasteiger partial charge in [-0.2, -0.15) is 0 Å². The predicted octanol–water partition coefficient (Wildman–Crippen LogP) is 3.17. The van der Waals surface area contributed by atoms with Gasteiger partial charge in [0.1, 0.15) is 11.8 Å². The average Bonchev–Trinajstić information content (AvgIpc) is 2.53. The molecular weight excluding hydrogens is 266 g/mol. The third-order valence-corrected chi connectivity index (χ3v) is 3.41. The molecule has 1 unspecified atom stereocenters. The lowest BCUT2D eigenvalue weighted by atomic mass is 10.0. The first-order valence-electron chi connectivity index (χ1n) is 6.79. The van der Waals surface area contributed by atoms with E-state index in [1.165, 1.54) is 0 Å². The van der Waals surface area contributed by atoms with Crippen molar-refractivity contribution in [3.05, 3.63) is 65.7 Å². The zero-order valence-electron chi connectivity index (χ0n) is 12.1. The summed E-state index contributed by atoms with van der Waals surface area (Å²) in [5, 5.41) is 12.6. The smallest absolute Gasteiger partial charge is 0.325 e. The fraction of sp³-hybridized carbons (Fsp3) is 0.235. The van der Waals surface area contributed by atoms with Crippen LogP contribution in [0, 0.1) is 0 Å². The molecule has 2 aromatic rings. The summed E-state index contributed by atoms with van der Waals surface area (Å²) >= 11 is 0. The molecule has 0 heterocycles. The number of carboxylic acid groups (broad SMARTS) is 1. The van der Waals surface area contributed by atoms with Crippen molar-refractivity contribution in [2.75, 3.05) is 7.11 Å². The molecule has 0 radical (unpaired) electrons. The van der Waals surface area contributed by atoms with Gasteiger partial charge in [-0.1, -0.05) is 42.5 Å². The second kappa shape index (κ2) is 6.90. The molecule has 0 fully saturated rings. The zero-order valence-corrected chi connectivity index (χ0v) is 12.1. The van der Waals surface area contributed by atoms with Crippen molar-refractivity contribution in [1.29, 1.82) is 0 Å². The molecule has 0 aliphatic heterocycles. The van der Waals surface area contributed by atoms with Gasteiger partial charge >= 0.3 is 5.97 Å². The average molecular weight is 285 g/mol. The van der Waals surface area contributed by atoms with E-state index in [1.807, 2.05) is 61.5 Å². The van der Waals surface area contributed by atoms with Gasteiger partial charge in [-0.25, -0.2) is 0 Å². The van der Waals surface area contributed by atoms with Crippen LogP contribution in [-0.2, 0) is 4.79 Å². The Morgan fingerprint density at radius 2 is 1.67 bits per heavy atom. The van der Waals surface area contributed by atoms with E-state index in [1.54, 1.807) is 7.11 Å². The first kappa shape index (κ1) is 15.1. The second-order valence-electron chi connectivity index (χ2n) is 4.84. The third kappa shape index (κ3) is 3.83. The fourth-order valence-electron chi connectivity index (χ4n) is 2.19. The molecule has 21 heavy (non-hydrogen) atoms. The number of rotatable bonds is 6. The van der Waals surface area contributed by atoms with E-state index >= 15 is 0 Å². The highest BCUT2D eigenvalue weighted by Crippen LogP contribution is 2.21. The summed E-state index contributed by atoms with van der Waals surface area (Å²) in [5.41, 5.74) is 1.75. The molecule has 2 atom stereocenters. The van der Waals surface area contributed by atoms with Gasteiger partial charge in [0.05, 0.1) is 7.11 Å². The summed E-state index contributed by atoms with van der Waals surface area (Å²) in [6, 6.07) is 15.9. The molecule has 0 amide bonds. The van der Waals surface area contributed by atoms with Gasteiger partial charge in [-0.3, -0.25) is 10.1 Å². The summed E-state index contributed by atoms with van der Waals surface area (Å²) < 4.78 is 5.12. The summed E-state index contributed by atoms with van der Waals surface area (Å²) in [7, 11) is 1.62. The third-order valence-electron chi connectivity index (χ3n) is 3.41. The number of methoxy groups -OCH3 is 1. The van der Waals surface area contributed by atoms with Crippen LogP contribution in [0.15, 0.2) is 54.6 Å². The molecule has 110 valence electrons. The molecule has 2 N–H and O–H groups in total. The topological polar surface area (TPSA) is 58.6 Å². The molecule has 2 rings (SSSR count). The molecule has 0 aromatic heterocycles. The maximum absolute atomic E-state index is 11.5. The van der Waals surface area contributed by atoms with Crippen LogP contribution in [0.5, 0.6) is 5.75 Å². The molecule has 0 saturated carbocycles. The normalized spacial score (nSPS) is 13.4. The minimum absolute atomic E-state index is 0.0859. The van der Waals surface area contributed by atoms with Crippen molar-refractivity contribution in [1.82, 2.24) is 5.32 Å². The zero-order chi connectivity index (χ0) is 15.2. The number of hydrogen-bond acceptors (Lipinski definition) is 3. The van der Waals surface area contributed by atoms with Gasteiger partial charge in [0.2, 0.25) is 0 Å². The summed E-state index contributed by atoms with van der Waals surface area (Å²) in [6.45, 7) is 1.95. The number of carbonyl (C=O) groups is 1. The lowest BCUT2D eigenvalue weighted by Crippen LogP contribution is -2.30. The summed E-state index contributed by atoms with van der Waals surface area (Å²) in [6.07, 6.45) is 0. The van der Waals surface area contributed by atoms with Crippen molar-refractivity contribution in [2.24, 2.45) is 0 Å². The molecule has 2 aromatic carbocycles. The Balaban J connectivity index is 2.14. The molecule has 0 aliphatic rings. The Labute approximate surface area is 124 Å². The van der Waals surface area contributed by atoms with Gasteiger partial charge in [0.15, 0.2) is 0 Å². The number of carboxylic acids is 1. The van der Waals surface area contributed by atoms with Crippen molar-refractivity contribution in [3.63, 3.8) is 0 Å². The number of nitrogens with one attached hydrogen (secondary N) is 1. The quantitative estimate of drug-likeness (QED) is 0.856. The predicted molar refractivity (Wildman–Crippen MR) is 81.4 cm³/mol. The fourth-order valence-corrected chi connectivity index (χ4v) is 2.19. The van der Waals surface area contributed by atoms with Crippen LogP contribution in [-0.4, -0.2) is 18.2 Å². The number of aliphatic carboxylic acids is 1. The maximum Gasteiger partial charge on any atom is 0.325 e. The SMILES string of the molecule is COc1ccc([C@H](C)NC(C(=O)O)c2ccccc2)cc1. The van der Waals surface area contributed by atoms with Crippen LogP contribution >= 0.6 is 0 Å². The maximum atomic E-state index is 11.5. The molecule has 4 nitrogen and oxygen atoms in total. The Hall–Kier alpha value is -2.33. The Bertz CT molecular complexity index is 581. The minimum atomic E-state index is -0.887. The van der Waals surface area contributed by atoms with Gasteiger partial charge in [-0.15, -0.1) is 0 Å². The van der Waals surface area contributed by atoms with Gasteiger partial charge < -0.3 is 9.84 Å². The minimum Gasteiger partial charge on any atom is -0.497 e. The van der Waals surface area contributed by atoms with Gasteiger partial charge in [0.25, 0.3) is 0 Å². The van der Waals surface area contributed by atoms with Crippen LogP contribution in [0.4, 0.5) is 0 Å². The van der Waals surface area contributed by atoms with Crippen LogP contribution in [0.1, 0.15) is 30.1 Å². The lowest BCUT2D eigenvalue weighted by Gasteiger charge is -2.21. The van der Waals surface area contributed by atoms with E-state index in [9.17, 15) is 9.90 Å². The Kier molecular flexibility index (Phi) is 4.95. The highest BCUT2D eigenvalue weighted by Gasteiger charge is 2.21. The highest BCUT2D eigenvalue weighted by molar-refractivity contribution is 5.75. The van der Waals surface area contributed by atoms with Crippen LogP contribution < -0.4 is 10.1 Å². The molecule has 0 saturated heterocycles. The van der Waals surface area contributed by atoms with E-state index in [-0.39, 0.29) is 6.04 Å². The van der Waals surface area contributed by atoms with Crippen LogP contribution in [0.2, 0.25) is 0 Å². The van der Waals surface area contributed by atoms with E-state index in [4.69, 9.17) is 4.74 Å². The largest absolute Gasteiger partial charge is 0.497 e. The second-order valence-corrected chi connectivity index (χ2v) is 4.84. The molecule has 0 bridgehead atoms. The Morgan fingerprint density at radius 3 is 2.19 bits per heavy atom. The van der Waals surface area contributed by atoms with E-state index in [2.05, 4.69) is 5.32 Å². The molecule has 0 aliphatic carbocycles. The van der Waals surface area contributed by atoms with Crippen LogP contribution in [0.25, 0.3) is 0 Å². The van der Waals surface area contributed by atoms with E-state index in [0.29, 0.717) is 0 Å². The first-order valence-corrected chi connectivity index (χ1v) is 6.79.